The van der Waals surface area contributed by atoms with Crippen LogP contribution in [-0.2, 0) is 14.3 Å². The molecule has 5 heteroatoms. The second-order valence-corrected chi connectivity index (χ2v) is 24.5. The van der Waals surface area contributed by atoms with Gasteiger partial charge in [-0.15, -0.1) is 0 Å². The fraction of sp³-hybridized carbons (Fsp3) is 1.00. The van der Waals surface area contributed by atoms with Crippen LogP contribution in [0.15, 0.2) is 0 Å². The van der Waals surface area contributed by atoms with E-state index in [0.29, 0.717) is 0 Å². The normalized spacial score (nSPS) is 28.0. The molecule has 1 rings (SSSR count). The van der Waals surface area contributed by atoms with Crippen molar-refractivity contribution in [3.05, 3.63) is 0 Å². The summed E-state index contributed by atoms with van der Waals surface area (Å²) in [7, 11) is -3.30. The van der Waals surface area contributed by atoms with Crippen LogP contribution in [0.2, 0.25) is 18.8 Å². The molecule has 0 heterocycles. The van der Waals surface area contributed by atoms with Crippen molar-refractivity contribution in [1.29, 1.82) is 0 Å². The summed E-state index contributed by atoms with van der Waals surface area (Å²) in [4.78, 5) is 7.63. The molecule has 0 spiro atoms. The van der Waals surface area contributed by atoms with E-state index < -0.39 is 28.5 Å². The average Bonchev–Trinajstić information content (AvgIpc) is 2.23. The molecule has 1 fully saturated rings. The Bertz CT molecular complexity index is 347. The quantitative estimate of drug-likeness (QED) is 0.530. The van der Waals surface area contributed by atoms with Crippen LogP contribution in [0.5, 0.6) is 0 Å². The van der Waals surface area contributed by atoms with Crippen molar-refractivity contribution in [2.24, 2.45) is 0 Å². The summed E-state index contributed by atoms with van der Waals surface area (Å²) < 4.78 is 28.6. The SMILES string of the molecule is CS(=O)(=O)OC1CCCC[CH]([Sn]([CH3])([CH3])[CH3])CCCC1. The van der Waals surface area contributed by atoms with E-state index >= 15 is 0 Å². The summed E-state index contributed by atoms with van der Waals surface area (Å²) in [6.45, 7) is 0. The van der Waals surface area contributed by atoms with Gasteiger partial charge in [0.15, 0.2) is 0 Å². The van der Waals surface area contributed by atoms with E-state index in [4.69, 9.17) is 4.18 Å². The van der Waals surface area contributed by atoms with E-state index in [9.17, 15) is 8.42 Å². The van der Waals surface area contributed by atoms with Crippen LogP contribution in [0.3, 0.4) is 0 Å². The van der Waals surface area contributed by atoms with Crippen LogP contribution in [-0.4, -0.2) is 39.2 Å². The summed E-state index contributed by atoms with van der Waals surface area (Å²) >= 11 is -1.76. The van der Waals surface area contributed by atoms with Gasteiger partial charge in [0.25, 0.3) is 0 Å². The molecule has 0 aromatic heterocycles. The van der Waals surface area contributed by atoms with Gasteiger partial charge in [0, 0.05) is 0 Å². The van der Waals surface area contributed by atoms with Gasteiger partial charge in [-0.25, -0.2) is 0 Å². The van der Waals surface area contributed by atoms with Crippen LogP contribution in [0.1, 0.15) is 51.4 Å². The molecule has 0 aromatic rings. The molecule has 0 saturated heterocycles. The molecular weight excluding hydrogens is 367 g/mol. The molecule has 1 saturated carbocycles. The predicted molar refractivity (Wildman–Crippen MR) is 83.7 cm³/mol. The number of hydrogen-bond donors (Lipinski definition) is 0. The molecule has 1 aliphatic rings. The standard InChI is InChI=1S/C11H21O3S.3CH3.Sn/c1-15(12,13)14-11-9-7-5-3-2-4-6-8-10-11;;;;/h2,11H,3-10H2,1H3;3*1H3;. The fourth-order valence-electron chi connectivity index (χ4n) is 3.02. The zero-order valence-electron chi connectivity index (χ0n) is 12.9. The van der Waals surface area contributed by atoms with Crippen LogP contribution >= 0.6 is 0 Å². The van der Waals surface area contributed by atoms with E-state index in [2.05, 4.69) is 14.8 Å². The summed E-state index contributed by atoms with van der Waals surface area (Å²) in [5.41, 5.74) is 0. The molecular formula is C14H30O3SSn. The Kier molecular flexibility index (Phi) is 7.14. The van der Waals surface area contributed by atoms with Crippen LogP contribution in [0.4, 0.5) is 0 Å². The van der Waals surface area contributed by atoms with Crippen molar-refractivity contribution in [2.75, 3.05) is 6.26 Å². The van der Waals surface area contributed by atoms with Crippen molar-refractivity contribution in [3.63, 3.8) is 0 Å². The third-order valence-corrected chi connectivity index (χ3v) is 13.5. The van der Waals surface area contributed by atoms with E-state index in [0.717, 1.165) is 35.9 Å². The van der Waals surface area contributed by atoms with Crippen molar-refractivity contribution < 1.29 is 12.6 Å². The van der Waals surface area contributed by atoms with E-state index in [-0.39, 0.29) is 6.10 Å². The van der Waals surface area contributed by atoms with Gasteiger partial charge in [-0.3, -0.25) is 0 Å². The van der Waals surface area contributed by atoms with Crippen molar-refractivity contribution in [3.8, 4) is 0 Å². The Balaban J connectivity index is 2.49. The molecule has 114 valence electrons. The van der Waals surface area contributed by atoms with Crippen LogP contribution < -0.4 is 0 Å². The monoisotopic (exact) mass is 398 g/mol. The topological polar surface area (TPSA) is 43.4 Å². The van der Waals surface area contributed by atoms with E-state index in [1.54, 1.807) is 0 Å². The third kappa shape index (κ3) is 7.90. The van der Waals surface area contributed by atoms with Crippen molar-refractivity contribution >= 4 is 28.5 Å². The van der Waals surface area contributed by atoms with Gasteiger partial charge in [0.2, 0.25) is 0 Å². The maximum atomic E-state index is 11.2. The summed E-state index contributed by atoms with van der Waals surface area (Å²) in [5, 5.41) is 0. The molecule has 0 radical (unpaired) electrons. The average molecular weight is 397 g/mol. The Hall–Kier alpha value is 0.709. The Morgan fingerprint density at radius 3 is 1.68 bits per heavy atom. The molecule has 0 atom stereocenters. The first kappa shape index (κ1) is 17.8. The van der Waals surface area contributed by atoms with Crippen LogP contribution in [0.25, 0.3) is 0 Å². The molecule has 19 heavy (non-hydrogen) atoms. The molecule has 0 N–H and O–H groups in total. The van der Waals surface area contributed by atoms with Crippen molar-refractivity contribution in [2.45, 2.75) is 76.2 Å². The molecule has 1 aliphatic carbocycles. The molecule has 3 nitrogen and oxygen atoms in total. The minimum atomic E-state index is -3.30. The summed E-state index contributed by atoms with van der Waals surface area (Å²) in [5.74, 6) is 0. The fourth-order valence-corrected chi connectivity index (χ4v) is 9.82. The second-order valence-electron chi connectivity index (χ2n) is 7.05. The molecule has 0 aromatic carbocycles. The van der Waals surface area contributed by atoms with Crippen LogP contribution in [0, 0.1) is 0 Å². The van der Waals surface area contributed by atoms with Gasteiger partial charge < -0.3 is 0 Å². The van der Waals surface area contributed by atoms with Gasteiger partial charge in [0.1, 0.15) is 0 Å². The van der Waals surface area contributed by atoms with Gasteiger partial charge in [0.05, 0.1) is 0 Å². The first-order valence-corrected chi connectivity index (χ1v) is 19.6. The summed E-state index contributed by atoms with van der Waals surface area (Å²) in [6, 6.07) is 0. The molecule has 0 amide bonds. The van der Waals surface area contributed by atoms with Gasteiger partial charge in [-0.2, -0.15) is 0 Å². The van der Waals surface area contributed by atoms with Gasteiger partial charge in [-0.1, -0.05) is 0 Å². The molecule has 0 unspecified atom stereocenters. The molecule has 0 aliphatic heterocycles. The third-order valence-electron chi connectivity index (χ3n) is 4.19. The zero-order chi connectivity index (χ0) is 14.5. The first-order chi connectivity index (χ1) is 8.68. The van der Waals surface area contributed by atoms with Gasteiger partial charge in [-0.05, 0) is 0 Å². The van der Waals surface area contributed by atoms with E-state index in [1.807, 2.05) is 0 Å². The predicted octanol–water partition coefficient (Wildman–Crippen LogP) is 4.17. The Morgan fingerprint density at radius 2 is 1.32 bits per heavy atom. The molecule has 0 bridgehead atoms. The Labute approximate surface area is 123 Å². The first-order valence-electron chi connectivity index (χ1n) is 7.57. The van der Waals surface area contributed by atoms with Gasteiger partial charge >= 0.3 is 124 Å². The minimum absolute atomic E-state index is 0.0790. The zero-order valence-corrected chi connectivity index (χ0v) is 16.6. The second kappa shape index (κ2) is 7.64. The maximum absolute atomic E-state index is 11.2. The number of rotatable bonds is 3. The number of hydrogen-bond acceptors (Lipinski definition) is 3. The van der Waals surface area contributed by atoms with E-state index in [1.165, 1.54) is 25.7 Å². The summed E-state index contributed by atoms with van der Waals surface area (Å²) in [6.07, 6.45) is 10.3. The Morgan fingerprint density at radius 1 is 0.895 bits per heavy atom. The van der Waals surface area contributed by atoms with Crippen molar-refractivity contribution in [1.82, 2.24) is 0 Å².